The third kappa shape index (κ3) is 4.02. The van der Waals surface area contributed by atoms with Crippen LogP contribution in [0.5, 0.6) is 0 Å². The van der Waals surface area contributed by atoms with E-state index in [2.05, 4.69) is 5.32 Å². The molecule has 2 fully saturated rings. The van der Waals surface area contributed by atoms with Crippen LogP contribution in [0, 0.1) is 11.8 Å². The molecule has 1 atom stereocenters. The Bertz CT molecular complexity index is 301. The molecular weight excluding hydrogens is 269 g/mol. The van der Waals surface area contributed by atoms with Gasteiger partial charge < -0.3 is 11.1 Å². The fourth-order valence-corrected chi connectivity index (χ4v) is 2.20. The number of amides is 1. The van der Waals surface area contributed by atoms with E-state index in [4.69, 9.17) is 5.73 Å². The van der Waals surface area contributed by atoms with Crippen molar-refractivity contribution in [1.29, 1.82) is 0 Å². The molecule has 0 aliphatic heterocycles. The topological polar surface area (TPSA) is 55.1 Å². The summed E-state index contributed by atoms with van der Waals surface area (Å²) in [5.74, 6) is -1.46. The molecule has 2 saturated carbocycles. The van der Waals surface area contributed by atoms with Crippen LogP contribution in [0.25, 0.3) is 0 Å². The molecule has 3 N–H and O–H groups in total. The molecule has 0 saturated heterocycles. The number of halogens is 4. The second kappa shape index (κ2) is 5.65. The van der Waals surface area contributed by atoms with Crippen molar-refractivity contribution in [2.45, 2.75) is 50.4 Å². The van der Waals surface area contributed by atoms with Crippen molar-refractivity contribution < 1.29 is 18.0 Å². The van der Waals surface area contributed by atoms with Crippen molar-refractivity contribution in [2.24, 2.45) is 17.6 Å². The number of alkyl halides is 3. The second-order valence-electron chi connectivity index (χ2n) is 5.20. The van der Waals surface area contributed by atoms with Gasteiger partial charge in [-0.1, -0.05) is 0 Å². The molecule has 2 rings (SSSR count). The van der Waals surface area contributed by atoms with Crippen LogP contribution in [-0.4, -0.2) is 24.2 Å². The largest absolute Gasteiger partial charge is 0.391 e. The van der Waals surface area contributed by atoms with Crippen LogP contribution in [0.15, 0.2) is 0 Å². The van der Waals surface area contributed by atoms with Crippen LogP contribution < -0.4 is 11.1 Å². The fraction of sp³-hybridized carbons (Fsp3) is 0.909. The quantitative estimate of drug-likeness (QED) is 0.830. The Morgan fingerprint density at radius 3 is 2.33 bits per heavy atom. The maximum absolute atomic E-state index is 12.2. The van der Waals surface area contributed by atoms with Gasteiger partial charge in [-0.05, 0) is 38.0 Å². The van der Waals surface area contributed by atoms with E-state index in [1.165, 1.54) is 0 Å². The number of nitrogens with two attached hydrogens (primary N) is 1. The van der Waals surface area contributed by atoms with Gasteiger partial charge >= 0.3 is 6.18 Å². The fourth-order valence-electron chi connectivity index (χ4n) is 2.20. The van der Waals surface area contributed by atoms with Gasteiger partial charge in [0.25, 0.3) is 0 Å². The molecule has 2 aliphatic rings. The molecule has 0 bridgehead atoms. The van der Waals surface area contributed by atoms with Crippen LogP contribution in [0.2, 0.25) is 0 Å². The zero-order chi connectivity index (χ0) is 12.6. The lowest BCUT2D eigenvalue weighted by molar-refractivity contribution is -0.205. The maximum Gasteiger partial charge on any atom is 0.391 e. The van der Waals surface area contributed by atoms with E-state index < -0.39 is 18.1 Å². The number of rotatable bonds is 4. The second-order valence-corrected chi connectivity index (χ2v) is 5.20. The summed E-state index contributed by atoms with van der Waals surface area (Å²) in [4.78, 5) is 11.5. The lowest BCUT2D eigenvalue weighted by atomic mass is 9.71. The molecule has 0 spiro atoms. The van der Waals surface area contributed by atoms with Crippen LogP contribution in [0.3, 0.4) is 0 Å². The summed E-state index contributed by atoms with van der Waals surface area (Å²) in [5.41, 5.74) is 5.66. The minimum atomic E-state index is -4.09. The summed E-state index contributed by atoms with van der Waals surface area (Å²) < 4.78 is 36.7. The Labute approximate surface area is 110 Å². The monoisotopic (exact) mass is 286 g/mol. The first kappa shape index (κ1) is 15.6. The van der Waals surface area contributed by atoms with Gasteiger partial charge in [0.05, 0.1) is 12.0 Å². The molecular formula is C11H18ClF3N2O. The Morgan fingerprint density at radius 2 is 1.89 bits per heavy atom. The van der Waals surface area contributed by atoms with Crippen molar-refractivity contribution in [3.05, 3.63) is 0 Å². The molecule has 1 amide bonds. The summed E-state index contributed by atoms with van der Waals surface area (Å²) in [7, 11) is 0. The standard InChI is InChI=1S/C11H17F3N2O.ClH/c12-11(13,14)7-3-6(4-7)5-9(15)10(17)16-8-1-2-8;/h6-9H,1-5,15H2,(H,16,17);1H/t6?,7?,9-;/m0./s1. The van der Waals surface area contributed by atoms with Gasteiger partial charge in [-0.15, -0.1) is 12.4 Å². The Hall–Kier alpha value is -0.490. The van der Waals surface area contributed by atoms with Gasteiger partial charge in [0.1, 0.15) is 0 Å². The number of carbonyl (C=O) groups is 1. The van der Waals surface area contributed by atoms with Crippen molar-refractivity contribution >= 4 is 18.3 Å². The minimum absolute atomic E-state index is 0. The highest BCUT2D eigenvalue weighted by atomic mass is 35.5. The SMILES string of the molecule is Cl.N[C@@H](CC1CC(C(F)(F)F)C1)C(=O)NC1CC1. The molecule has 0 radical (unpaired) electrons. The third-order valence-electron chi connectivity index (χ3n) is 3.55. The average Bonchev–Trinajstić information content (AvgIpc) is 2.91. The first-order chi connectivity index (χ1) is 7.86. The smallest absolute Gasteiger partial charge is 0.352 e. The summed E-state index contributed by atoms with van der Waals surface area (Å²) in [6.45, 7) is 0. The predicted molar refractivity (Wildman–Crippen MR) is 63.3 cm³/mol. The molecule has 3 nitrogen and oxygen atoms in total. The molecule has 0 aromatic heterocycles. The van der Waals surface area contributed by atoms with Gasteiger partial charge in [0.2, 0.25) is 5.91 Å². The average molecular weight is 287 g/mol. The number of nitrogens with one attached hydrogen (secondary N) is 1. The van der Waals surface area contributed by atoms with Crippen LogP contribution in [-0.2, 0) is 4.79 Å². The van der Waals surface area contributed by atoms with Crippen LogP contribution in [0.1, 0.15) is 32.1 Å². The van der Waals surface area contributed by atoms with E-state index in [-0.39, 0.29) is 43.1 Å². The maximum atomic E-state index is 12.2. The van der Waals surface area contributed by atoms with Gasteiger partial charge in [-0.2, -0.15) is 13.2 Å². The highest BCUT2D eigenvalue weighted by Gasteiger charge is 2.48. The summed E-state index contributed by atoms with van der Waals surface area (Å²) in [5, 5.41) is 2.76. The number of carbonyl (C=O) groups excluding carboxylic acids is 1. The normalized spacial score (nSPS) is 28.9. The van der Waals surface area contributed by atoms with E-state index in [9.17, 15) is 18.0 Å². The minimum Gasteiger partial charge on any atom is -0.352 e. The van der Waals surface area contributed by atoms with E-state index in [1.807, 2.05) is 0 Å². The zero-order valence-electron chi connectivity index (χ0n) is 9.87. The van der Waals surface area contributed by atoms with Gasteiger partial charge in [-0.25, -0.2) is 0 Å². The predicted octanol–water partition coefficient (Wildman–Crippen LogP) is 1.99. The summed E-state index contributed by atoms with van der Waals surface area (Å²) in [6.07, 6.45) is -1.51. The highest BCUT2D eigenvalue weighted by molar-refractivity contribution is 5.85. The first-order valence-electron chi connectivity index (χ1n) is 5.99. The van der Waals surface area contributed by atoms with Crippen molar-refractivity contribution in [3.8, 4) is 0 Å². The first-order valence-corrected chi connectivity index (χ1v) is 5.99. The molecule has 0 aromatic carbocycles. The third-order valence-corrected chi connectivity index (χ3v) is 3.55. The van der Waals surface area contributed by atoms with Gasteiger partial charge in [0.15, 0.2) is 0 Å². The van der Waals surface area contributed by atoms with Crippen molar-refractivity contribution in [3.63, 3.8) is 0 Å². The van der Waals surface area contributed by atoms with Crippen LogP contribution >= 0.6 is 12.4 Å². The lowest BCUT2D eigenvalue weighted by Crippen LogP contribution is -2.45. The number of hydrogen-bond acceptors (Lipinski definition) is 2. The molecule has 7 heteroatoms. The molecule has 0 unspecified atom stereocenters. The summed E-state index contributed by atoms with van der Waals surface area (Å²) in [6, 6.07) is -0.410. The van der Waals surface area contributed by atoms with E-state index in [0.717, 1.165) is 12.8 Å². The van der Waals surface area contributed by atoms with E-state index in [0.29, 0.717) is 6.42 Å². The molecule has 0 aromatic rings. The van der Waals surface area contributed by atoms with Crippen molar-refractivity contribution in [1.82, 2.24) is 5.32 Å². The Kier molecular flexibility index (Phi) is 4.89. The molecule has 0 heterocycles. The molecule has 106 valence electrons. The van der Waals surface area contributed by atoms with Crippen molar-refractivity contribution in [2.75, 3.05) is 0 Å². The van der Waals surface area contributed by atoms with E-state index in [1.54, 1.807) is 0 Å². The zero-order valence-corrected chi connectivity index (χ0v) is 10.7. The van der Waals surface area contributed by atoms with Gasteiger partial charge in [-0.3, -0.25) is 4.79 Å². The summed E-state index contributed by atoms with van der Waals surface area (Å²) >= 11 is 0. The highest BCUT2D eigenvalue weighted by Crippen LogP contribution is 2.46. The lowest BCUT2D eigenvalue weighted by Gasteiger charge is -2.37. The number of hydrogen-bond donors (Lipinski definition) is 2. The molecule has 2 aliphatic carbocycles. The Balaban J connectivity index is 0.00000162. The van der Waals surface area contributed by atoms with Gasteiger partial charge in [0, 0.05) is 6.04 Å². The Morgan fingerprint density at radius 1 is 1.33 bits per heavy atom. The van der Waals surface area contributed by atoms with Crippen LogP contribution in [0.4, 0.5) is 13.2 Å². The van der Waals surface area contributed by atoms with E-state index >= 15 is 0 Å². The molecule has 18 heavy (non-hydrogen) atoms.